The Balaban J connectivity index is 1.67. The van der Waals surface area contributed by atoms with E-state index in [2.05, 4.69) is 46.4 Å². The summed E-state index contributed by atoms with van der Waals surface area (Å²) in [5.74, 6) is 0. The van der Waals surface area contributed by atoms with Gasteiger partial charge in [0.2, 0.25) is 0 Å². The van der Waals surface area contributed by atoms with Gasteiger partial charge in [-0.3, -0.25) is 0 Å². The number of aryl methyl sites for hydroxylation is 1. The van der Waals surface area contributed by atoms with Gasteiger partial charge in [-0.05, 0) is 77.9 Å². The quantitative estimate of drug-likeness (QED) is 0.706. The SMILES string of the molecule is CC(Cc1cccc(Cl)c1)NC1CCCc2sc(Br)cc21. The molecular formula is C17H19BrClNS. The summed E-state index contributed by atoms with van der Waals surface area (Å²) >= 11 is 11.6. The predicted molar refractivity (Wildman–Crippen MR) is 95.5 cm³/mol. The maximum absolute atomic E-state index is 6.07. The van der Waals surface area contributed by atoms with Crippen molar-refractivity contribution < 1.29 is 0 Å². The van der Waals surface area contributed by atoms with Crippen LogP contribution in [-0.4, -0.2) is 6.04 Å². The first-order chi connectivity index (χ1) is 10.1. The summed E-state index contributed by atoms with van der Waals surface area (Å²) in [6.45, 7) is 2.26. The molecule has 21 heavy (non-hydrogen) atoms. The average Bonchev–Trinajstić information content (AvgIpc) is 2.80. The first kappa shape index (κ1) is 15.5. The minimum absolute atomic E-state index is 0.443. The molecule has 112 valence electrons. The summed E-state index contributed by atoms with van der Waals surface area (Å²) in [5, 5.41) is 4.62. The van der Waals surface area contributed by atoms with Gasteiger partial charge in [0.1, 0.15) is 0 Å². The molecule has 2 unspecified atom stereocenters. The normalized spacial score (nSPS) is 19.3. The van der Waals surface area contributed by atoms with Crippen LogP contribution in [0.2, 0.25) is 5.02 Å². The summed E-state index contributed by atoms with van der Waals surface area (Å²) in [4.78, 5) is 1.54. The van der Waals surface area contributed by atoms with Crippen LogP contribution in [-0.2, 0) is 12.8 Å². The molecule has 2 atom stereocenters. The molecule has 0 spiro atoms. The second-order valence-corrected chi connectivity index (χ2v) is 8.73. The molecule has 1 nitrogen and oxygen atoms in total. The van der Waals surface area contributed by atoms with Crippen LogP contribution in [0.15, 0.2) is 34.1 Å². The number of rotatable bonds is 4. The Morgan fingerprint density at radius 3 is 3.10 bits per heavy atom. The lowest BCUT2D eigenvalue weighted by Crippen LogP contribution is -2.33. The van der Waals surface area contributed by atoms with E-state index in [9.17, 15) is 0 Å². The Hall–Kier alpha value is -0.350. The minimum atomic E-state index is 0.443. The predicted octanol–water partition coefficient (Wildman–Crippen LogP) is 5.76. The molecule has 4 heteroatoms. The van der Waals surface area contributed by atoms with Crippen molar-refractivity contribution in [1.82, 2.24) is 5.32 Å². The average molecular weight is 385 g/mol. The third-order valence-electron chi connectivity index (χ3n) is 4.00. The topological polar surface area (TPSA) is 12.0 Å². The standard InChI is InChI=1S/C17H19BrClNS/c1-11(8-12-4-2-5-13(19)9-12)20-15-6-3-7-16-14(15)10-17(18)21-16/h2,4-5,9-11,15,20H,3,6-8H2,1H3. The summed E-state index contributed by atoms with van der Waals surface area (Å²) < 4.78 is 1.25. The highest BCUT2D eigenvalue weighted by atomic mass is 79.9. The summed E-state index contributed by atoms with van der Waals surface area (Å²) in [6.07, 6.45) is 4.75. The fourth-order valence-corrected chi connectivity index (χ4v) is 5.15. The van der Waals surface area contributed by atoms with Gasteiger partial charge in [0.15, 0.2) is 0 Å². The van der Waals surface area contributed by atoms with E-state index < -0.39 is 0 Å². The van der Waals surface area contributed by atoms with Crippen molar-refractivity contribution in [3.63, 3.8) is 0 Å². The summed E-state index contributed by atoms with van der Waals surface area (Å²) in [6, 6.07) is 11.4. The second-order valence-electron chi connectivity index (χ2n) is 5.78. The Labute approximate surface area is 143 Å². The molecule has 0 saturated carbocycles. The van der Waals surface area contributed by atoms with Crippen molar-refractivity contribution in [1.29, 1.82) is 0 Å². The van der Waals surface area contributed by atoms with Gasteiger partial charge < -0.3 is 5.32 Å². The van der Waals surface area contributed by atoms with E-state index in [0.29, 0.717) is 12.1 Å². The van der Waals surface area contributed by atoms with E-state index in [1.54, 1.807) is 4.88 Å². The zero-order valence-corrected chi connectivity index (χ0v) is 15.2. The van der Waals surface area contributed by atoms with Crippen molar-refractivity contribution in [3.05, 3.63) is 55.1 Å². The second kappa shape index (κ2) is 6.82. The number of fused-ring (bicyclic) bond motifs is 1. The highest BCUT2D eigenvalue weighted by molar-refractivity contribution is 9.11. The molecule has 0 aliphatic heterocycles. The number of hydrogen-bond donors (Lipinski definition) is 1. The van der Waals surface area contributed by atoms with Crippen LogP contribution in [0.25, 0.3) is 0 Å². The molecule has 0 bridgehead atoms. The maximum Gasteiger partial charge on any atom is 0.0704 e. The van der Waals surface area contributed by atoms with Gasteiger partial charge in [0.05, 0.1) is 3.79 Å². The molecule has 1 aliphatic carbocycles. The summed E-state index contributed by atoms with van der Waals surface area (Å²) in [5.41, 5.74) is 2.79. The molecule has 1 N–H and O–H groups in total. The fraction of sp³-hybridized carbons (Fsp3) is 0.412. The van der Waals surface area contributed by atoms with Gasteiger partial charge >= 0.3 is 0 Å². The van der Waals surface area contributed by atoms with Crippen LogP contribution < -0.4 is 5.32 Å². The third kappa shape index (κ3) is 3.89. The smallest absolute Gasteiger partial charge is 0.0704 e. The molecular weight excluding hydrogens is 366 g/mol. The van der Waals surface area contributed by atoms with E-state index in [1.807, 2.05) is 23.5 Å². The van der Waals surface area contributed by atoms with Crippen molar-refractivity contribution in [2.75, 3.05) is 0 Å². The fourth-order valence-electron chi connectivity index (χ4n) is 3.11. The lowest BCUT2D eigenvalue weighted by molar-refractivity contribution is 0.409. The molecule has 1 heterocycles. The number of hydrogen-bond acceptors (Lipinski definition) is 2. The summed E-state index contributed by atoms with van der Waals surface area (Å²) in [7, 11) is 0. The maximum atomic E-state index is 6.07. The minimum Gasteiger partial charge on any atom is -0.307 e. The Kier molecular flexibility index (Phi) is 5.05. The lowest BCUT2D eigenvalue weighted by Gasteiger charge is -2.27. The van der Waals surface area contributed by atoms with Crippen LogP contribution in [0.5, 0.6) is 0 Å². The largest absolute Gasteiger partial charge is 0.307 e. The van der Waals surface area contributed by atoms with E-state index in [-0.39, 0.29) is 0 Å². The third-order valence-corrected chi connectivity index (χ3v) is 5.95. The molecule has 1 aliphatic rings. The number of halogens is 2. The van der Waals surface area contributed by atoms with Crippen LogP contribution in [0.4, 0.5) is 0 Å². The monoisotopic (exact) mass is 383 g/mol. The number of nitrogens with one attached hydrogen (secondary N) is 1. The van der Waals surface area contributed by atoms with Crippen molar-refractivity contribution >= 4 is 38.9 Å². The molecule has 3 rings (SSSR count). The molecule has 0 saturated heterocycles. The van der Waals surface area contributed by atoms with Crippen LogP contribution in [0.3, 0.4) is 0 Å². The van der Waals surface area contributed by atoms with E-state index in [4.69, 9.17) is 11.6 Å². The van der Waals surface area contributed by atoms with Crippen LogP contribution in [0.1, 0.15) is 41.8 Å². The number of benzene rings is 1. The van der Waals surface area contributed by atoms with Gasteiger partial charge in [-0.1, -0.05) is 23.7 Å². The van der Waals surface area contributed by atoms with Crippen molar-refractivity contribution in [2.24, 2.45) is 0 Å². The molecule has 1 aromatic carbocycles. The zero-order chi connectivity index (χ0) is 14.8. The molecule has 1 aromatic heterocycles. The first-order valence-electron chi connectivity index (χ1n) is 7.40. The Morgan fingerprint density at radius 2 is 2.29 bits per heavy atom. The number of thiophene rings is 1. The van der Waals surface area contributed by atoms with Crippen LogP contribution in [0, 0.1) is 0 Å². The van der Waals surface area contributed by atoms with E-state index in [1.165, 1.54) is 34.2 Å². The molecule has 2 aromatic rings. The van der Waals surface area contributed by atoms with Gasteiger partial charge in [-0.15, -0.1) is 11.3 Å². The molecule has 0 fully saturated rings. The highest BCUT2D eigenvalue weighted by Crippen LogP contribution is 2.38. The first-order valence-corrected chi connectivity index (χ1v) is 9.39. The lowest BCUT2D eigenvalue weighted by atomic mass is 9.93. The highest BCUT2D eigenvalue weighted by Gasteiger charge is 2.23. The van der Waals surface area contributed by atoms with Gasteiger partial charge in [-0.2, -0.15) is 0 Å². The van der Waals surface area contributed by atoms with Gasteiger partial charge in [0, 0.05) is 22.0 Å². The van der Waals surface area contributed by atoms with Gasteiger partial charge in [-0.25, -0.2) is 0 Å². The Morgan fingerprint density at radius 1 is 1.43 bits per heavy atom. The van der Waals surface area contributed by atoms with Crippen molar-refractivity contribution in [2.45, 2.75) is 44.7 Å². The van der Waals surface area contributed by atoms with E-state index >= 15 is 0 Å². The Bertz CT molecular complexity index is 625. The molecule has 0 radical (unpaired) electrons. The van der Waals surface area contributed by atoms with Crippen molar-refractivity contribution in [3.8, 4) is 0 Å². The van der Waals surface area contributed by atoms with Gasteiger partial charge in [0.25, 0.3) is 0 Å². The zero-order valence-electron chi connectivity index (χ0n) is 12.0. The van der Waals surface area contributed by atoms with Crippen LogP contribution >= 0.6 is 38.9 Å². The van der Waals surface area contributed by atoms with E-state index in [0.717, 1.165) is 11.4 Å². The molecule has 0 amide bonds.